The molecule has 1 unspecified atom stereocenters. The van der Waals surface area contributed by atoms with Gasteiger partial charge in [0, 0.05) is 29.5 Å². The minimum Gasteiger partial charge on any atom is -0.465 e. The zero-order chi connectivity index (χ0) is 22.1. The molecule has 0 saturated heterocycles. The molecule has 0 spiro atoms. The average molecular weight is 411 g/mol. The molecule has 0 saturated carbocycles. The summed E-state index contributed by atoms with van der Waals surface area (Å²) in [6.07, 6.45) is 3.58. The highest BCUT2D eigenvalue weighted by Gasteiger charge is 2.36. The zero-order valence-corrected chi connectivity index (χ0v) is 18.8. The number of hydrogen-bond acceptors (Lipinski definition) is 4. The Morgan fingerprint density at radius 1 is 1.37 bits per heavy atom. The summed E-state index contributed by atoms with van der Waals surface area (Å²) in [7, 11) is 1.35. The highest BCUT2D eigenvalue weighted by molar-refractivity contribution is 5.93. The highest BCUT2D eigenvalue weighted by Crippen LogP contribution is 2.44. The summed E-state index contributed by atoms with van der Waals surface area (Å²) >= 11 is 0. The van der Waals surface area contributed by atoms with Crippen molar-refractivity contribution in [2.75, 3.05) is 18.6 Å². The van der Waals surface area contributed by atoms with Crippen molar-refractivity contribution in [3.63, 3.8) is 0 Å². The van der Waals surface area contributed by atoms with Crippen molar-refractivity contribution in [1.82, 2.24) is 0 Å². The van der Waals surface area contributed by atoms with Crippen LogP contribution in [-0.2, 0) is 4.74 Å². The molecule has 0 N–H and O–H groups in total. The van der Waals surface area contributed by atoms with Gasteiger partial charge >= 0.3 is 5.97 Å². The van der Waals surface area contributed by atoms with Gasteiger partial charge in [0.05, 0.1) is 18.4 Å². The average Bonchev–Trinajstić information content (AvgIpc) is 2.69. The number of fused-ring (bicyclic) bond motifs is 1. The lowest BCUT2D eigenvalue weighted by Crippen LogP contribution is -2.48. The van der Waals surface area contributed by atoms with Crippen LogP contribution >= 0.6 is 0 Å². The number of anilines is 1. The van der Waals surface area contributed by atoms with Crippen LogP contribution in [0, 0.1) is 12.7 Å². The van der Waals surface area contributed by atoms with Gasteiger partial charge in [-0.2, -0.15) is 0 Å². The molecule has 1 aliphatic rings. The van der Waals surface area contributed by atoms with Gasteiger partial charge in [0.15, 0.2) is 0 Å². The number of nitrogens with zero attached hydrogens (tertiary/aromatic N) is 2. The van der Waals surface area contributed by atoms with E-state index in [0.717, 1.165) is 30.6 Å². The van der Waals surface area contributed by atoms with E-state index in [2.05, 4.69) is 37.6 Å². The summed E-state index contributed by atoms with van der Waals surface area (Å²) in [4.78, 5) is 18.7. The Kier molecular flexibility index (Phi) is 6.30. The van der Waals surface area contributed by atoms with Crippen LogP contribution in [0.25, 0.3) is 0 Å². The highest BCUT2D eigenvalue weighted by atomic mass is 19.1. The van der Waals surface area contributed by atoms with Crippen molar-refractivity contribution in [2.24, 2.45) is 4.99 Å². The number of aliphatic imine (C=N–C) groups is 1. The minimum atomic E-state index is -0.406. The van der Waals surface area contributed by atoms with Crippen LogP contribution in [0.2, 0.25) is 0 Å². The number of halogens is 1. The van der Waals surface area contributed by atoms with Crippen molar-refractivity contribution >= 4 is 23.6 Å². The molecule has 0 aromatic heterocycles. The second-order valence-corrected chi connectivity index (χ2v) is 8.70. The van der Waals surface area contributed by atoms with E-state index in [1.165, 1.54) is 7.11 Å². The molecule has 4 nitrogen and oxygen atoms in total. The van der Waals surface area contributed by atoms with Gasteiger partial charge in [-0.25, -0.2) is 9.18 Å². The molecule has 3 rings (SSSR count). The number of esters is 1. The third-order valence-corrected chi connectivity index (χ3v) is 6.00. The van der Waals surface area contributed by atoms with Gasteiger partial charge in [-0.05, 0) is 74.9 Å². The van der Waals surface area contributed by atoms with Crippen molar-refractivity contribution < 1.29 is 13.9 Å². The number of benzene rings is 2. The number of hydrogen-bond donors (Lipinski definition) is 0. The van der Waals surface area contributed by atoms with Gasteiger partial charge in [-0.3, -0.25) is 4.99 Å². The first kappa shape index (κ1) is 22.0. The van der Waals surface area contributed by atoms with Crippen LogP contribution in [0.4, 0.5) is 15.8 Å². The molecule has 0 amide bonds. The van der Waals surface area contributed by atoms with Crippen LogP contribution in [-0.4, -0.2) is 31.4 Å². The predicted molar refractivity (Wildman–Crippen MR) is 121 cm³/mol. The largest absolute Gasteiger partial charge is 0.465 e. The van der Waals surface area contributed by atoms with Gasteiger partial charge in [-0.1, -0.05) is 19.9 Å². The standard InChI is InChI=1S/C25H31FN2O2/c1-7-11-28-23-13-21(26)18(12-20(23)16(2)14-25(28,4)5)15-27-22-10-8-9-19(17(22)3)24(29)30-6/h8-10,12-13,15-16H,7,11,14H2,1-6H3. The van der Waals surface area contributed by atoms with E-state index in [-0.39, 0.29) is 11.4 Å². The molecule has 0 aliphatic carbocycles. The molecular weight excluding hydrogens is 379 g/mol. The molecule has 1 aliphatic heterocycles. The molecule has 30 heavy (non-hydrogen) atoms. The van der Waals surface area contributed by atoms with Crippen LogP contribution in [0.1, 0.15) is 73.5 Å². The summed E-state index contributed by atoms with van der Waals surface area (Å²) in [6, 6.07) is 8.84. The molecule has 0 radical (unpaired) electrons. The molecule has 5 heteroatoms. The van der Waals surface area contributed by atoms with Gasteiger partial charge in [0.1, 0.15) is 5.82 Å². The van der Waals surface area contributed by atoms with Gasteiger partial charge < -0.3 is 9.64 Å². The summed E-state index contributed by atoms with van der Waals surface area (Å²) in [5.74, 6) is -0.359. The number of rotatable bonds is 5. The molecule has 2 aromatic carbocycles. The Hall–Kier alpha value is -2.69. The first-order valence-corrected chi connectivity index (χ1v) is 10.5. The summed E-state index contributed by atoms with van der Waals surface area (Å²) in [6.45, 7) is 11.5. The molecule has 0 fully saturated rings. The Balaban J connectivity index is 2.00. The molecule has 160 valence electrons. The summed E-state index contributed by atoms with van der Waals surface area (Å²) in [5.41, 5.74) is 4.39. The van der Waals surface area contributed by atoms with E-state index in [4.69, 9.17) is 4.74 Å². The first-order chi connectivity index (χ1) is 14.2. The van der Waals surface area contributed by atoms with Gasteiger partial charge in [0.25, 0.3) is 0 Å². The Morgan fingerprint density at radius 2 is 2.10 bits per heavy atom. The molecule has 1 atom stereocenters. The first-order valence-electron chi connectivity index (χ1n) is 10.5. The molecular formula is C25H31FN2O2. The summed E-state index contributed by atoms with van der Waals surface area (Å²) in [5, 5.41) is 0. The quantitative estimate of drug-likeness (QED) is 0.437. The van der Waals surface area contributed by atoms with Crippen LogP contribution < -0.4 is 4.90 Å². The zero-order valence-electron chi connectivity index (χ0n) is 18.8. The van der Waals surface area contributed by atoms with Crippen molar-refractivity contribution in [3.05, 3.63) is 58.4 Å². The Bertz CT molecular complexity index is 981. The third-order valence-electron chi connectivity index (χ3n) is 6.00. The number of carbonyl (C=O) groups excluding carboxylic acids is 1. The normalized spacial score (nSPS) is 17.8. The lowest BCUT2D eigenvalue weighted by molar-refractivity contribution is 0.0600. The van der Waals surface area contributed by atoms with Crippen molar-refractivity contribution in [3.8, 4) is 0 Å². The minimum absolute atomic E-state index is 0.00406. The molecule has 2 aromatic rings. The van der Waals surface area contributed by atoms with E-state index >= 15 is 4.39 Å². The number of carbonyl (C=O) groups is 1. The van der Waals surface area contributed by atoms with Crippen LogP contribution in [0.15, 0.2) is 35.3 Å². The van der Waals surface area contributed by atoms with Crippen LogP contribution in [0.5, 0.6) is 0 Å². The van der Waals surface area contributed by atoms with Crippen molar-refractivity contribution in [1.29, 1.82) is 0 Å². The molecule has 1 heterocycles. The van der Waals surface area contributed by atoms with Crippen molar-refractivity contribution in [2.45, 2.75) is 58.9 Å². The maximum Gasteiger partial charge on any atom is 0.338 e. The van der Waals surface area contributed by atoms with E-state index in [0.29, 0.717) is 28.3 Å². The van der Waals surface area contributed by atoms with E-state index in [1.54, 1.807) is 24.4 Å². The fourth-order valence-electron chi connectivity index (χ4n) is 4.50. The lowest BCUT2D eigenvalue weighted by Gasteiger charge is -2.47. The second-order valence-electron chi connectivity index (χ2n) is 8.70. The third kappa shape index (κ3) is 4.11. The summed E-state index contributed by atoms with van der Waals surface area (Å²) < 4.78 is 19.9. The number of methoxy groups -OCH3 is 1. The van der Waals surface area contributed by atoms with Gasteiger partial charge in [-0.15, -0.1) is 0 Å². The smallest absolute Gasteiger partial charge is 0.338 e. The van der Waals surface area contributed by atoms with Crippen LogP contribution in [0.3, 0.4) is 0 Å². The Labute approximate surface area is 178 Å². The monoisotopic (exact) mass is 410 g/mol. The van der Waals surface area contributed by atoms with E-state index in [1.807, 2.05) is 19.1 Å². The number of ether oxygens (including phenoxy) is 1. The predicted octanol–water partition coefficient (Wildman–Crippen LogP) is 6.17. The van der Waals surface area contributed by atoms with E-state index in [9.17, 15) is 4.79 Å². The fourth-order valence-corrected chi connectivity index (χ4v) is 4.50. The van der Waals surface area contributed by atoms with Gasteiger partial charge in [0.2, 0.25) is 0 Å². The topological polar surface area (TPSA) is 41.9 Å². The maximum atomic E-state index is 15.0. The maximum absolute atomic E-state index is 15.0. The lowest BCUT2D eigenvalue weighted by atomic mass is 9.79. The fraction of sp³-hybridized carbons (Fsp3) is 0.440. The van der Waals surface area contributed by atoms with E-state index < -0.39 is 5.97 Å². The Morgan fingerprint density at radius 3 is 2.77 bits per heavy atom. The SMILES string of the molecule is CCCN1c2cc(F)c(C=Nc3cccc(C(=O)OC)c3C)cc2C(C)CC1(C)C. The second kappa shape index (κ2) is 8.58. The molecule has 0 bridgehead atoms.